The summed E-state index contributed by atoms with van der Waals surface area (Å²) in [4.78, 5) is 12.0. The molecule has 0 bridgehead atoms. The van der Waals surface area contributed by atoms with Crippen LogP contribution in [-0.4, -0.2) is 24.5 Å². The summed E-state index contributed by atoms with van der Waals surface area (Å²) in [6.45, 7) is 2.67. The zero-order valence-electron chi connectivity index (χ0n) is 12.5. The van der Waals surface area contributed by atoms with Crippen LogP contribution >= 0.6 is 12.4 Å². The number of carbonyl (C=O) groups is 1. The molecule has 2 N–H and O–H groups in total. The first-order valence-corrected chi connectivity index (χ1v) is 7.39. The van der Waals surface area contributed by atoms with Crippen LogP contribution in [0, 0.1) is 0 Å². The van der Waals surface area contributed by atoms with E-state index < -0.39 is 0 Å². The van der Waals surface area contributed by atoms with Gasteiger partial charge in [-0.05, 0) is 18.1 Å². The highest BCUT2D eigenvalue weighted by atomic mass is 35.5. The van der Waals surface area contributed by atoms with E-state index in [-0.39, 0.29) is 36.3 Å². The van der Waals surface area contributed by atoms with Gasteiger partial charge in [-0.3, -0.25) is 4.79 Å². The molecule has 1 amide bonds. The third kappa shape index (κ3) is 3.49. The summed E-state index contributed by atoms with van der Waals surface area (Å²) in [5.41, 5.74) is 2.45. The molecule has 1 saturated heterocycles. The number of piperazine rings is 1. The molecule has 22 heavy (non-hydrogen) atoms. The smallest absolute Gasteiger partial charge is 0.237 e. The van der Waals surface area contributed by atoms with Gasteiger partial charge in [-0.15, -0.1) is 12.4 Å². The molecule has 3 nitrogen and oxygen atoms in total. The monoisotopic (exact) mass is 316 g/mol. The van der Waals surface area contributed by atoms with Gasteiger partial charge in [0.2, 0.25) is 5.91 Å². The van der Waals surface area contributed by atoms with Gasteiger partial charge < -0.3 is 10.6 Å². The number of hydrogen-bond acceptors (Lipinski definition) is 2. The minimum atomic E-state index is -0.117. The van der Waals surface area contributed by atoms with Gasteiger partial charge in [0.1, 0.15) is 0 Å². The Morgan fingerprint density at radius 1 is 0.955 bits per heavy atom. The Balaban J connectivity index is 0.00000176. The van der Waals surface area contributed by atoms with Crippen molar-refractivity contribution in [1.29, 1.82) is 0 Å². The number of halogens is 1. The topological polar surface area (TPSA) is 41.1 Å². The zero-order valence-corrected chi connectivity index (χ0v) is 13.3. The summed E-state index contributed by atoms with van der Waals surface area (Å²) < 4.78 is 0. The van der Waals surface area contributed by atoms with Gasteiger partial charge in [0.25, 0.3) is 0 Å². The molecule has 4 heteroatoms. The van der Waals surface area contributed by atoms with E-state index in [1.807, 2.05) is 43.3 Å². The summed E-state index contributed by atoms with van der Waals surface area (Å²) in [5.74, 6) is 0.236. The van der Waals surface area contributed by atoms with Crippen molar-refractivity contribution in [3.8, 4) is 0 Å². The predicted octanol–water partition coefficient (Wildman–Crippen LogP) is 2.72. The van der Waals surface area contributed by atoms with E-state index in [9.17, 15) is 4.79 Å². The van der Waals surface area contributed by atoms with Crippen LogP contribution in [0.15, 0.2) is 60.7 Å². The Bertz CT molecular complexity index is 563. The standard InChI is InChI=1S/C18H20N2O.ClH/c1-13-18(21)20-16(12-19-13)17(14-8-4-2-5-9-14)15-10-6-3-7-11-15;/h2-11,13,16-17,19H,12H2,1H3,(H,20,21);1H. The van der Waals surface area contributed by atoms with Crippen LogP contribution < -0.4 is 10.6 Å². The minimum absolute atomic E-state index is 0. The Kier molecular flexibility index (Phi) is 5.58. The SMILES string of the molecule is CC1NCC(C(c2ccccc2)c2ccccc2)NC1=O.Cl. The van der Waals surface area contributed by atoms with Crippen LogP contribution in [0.3, 0.4) is 0 Å². The maximum absolute atomic E-state index is 12.0. The molecule has 0 aromatic heterocycles. The Morgan fingerprint density at radius 3 is 1.91 bits per heavy atom. The average molecular weight is 317 g/mol. The first-order chi connectivity index (χ1) is 10.3. The van der Waals surface area contributed by atoms with Crippen molar-refractivity contribution in [2.24, 2.45) is 0 Å². The van der Waals surface area contributed by atoms with Crippen LogP contribution in [0.2, 0.25) is 0 Å². The number of carbonyl (C=O) groups excluding carboxylic acids is 1. The second-order valence-electron chi connectivity index (χ2n) is 5.54. The van der Waals surface area contributed by atoms with E-state index in [4.69, 9.17) is 0 Å². The van der Waals surface area contributed by atoms with Gasteiger partial charge in [-0.1, -0.05) is 60.7 Å². The lowest BCUT2D eigenvalue weighted by Gasteiger charge is -2.34. The molecule has 0 aliphatic carbocycles. The molecule has 2 aromatic rings. The molecule has 1 aliphatic rings. The quantitative estimate of drug-likeness (QED) is 0.914. The summed E-state index contributed by atoms with van der Waals surface area (Å²) in [6.07, 6.45) is 0. The second kappa shape index (κ2) is 7.43. The maximum atomic E-state index is 12.0. The lowest BCUT2D eigenvalue weighted by Crippen LogP contribution is -2.59. The fourth-order valence-corrected chi connectivity index (χ4v) is 2.93. The fraction of sp³-hybridized carbons (Fsp3) is 0.278. The Hall–Kier alpha value is -1.84. The summed E-state index contributed by atoms with van der Waals surface area (Å²) in [6, 6.07) is 20.7. The van der Waals surface area contributed by atoms with Crippen LogP contribution in [0.25, 0.3) is 0 Å². The lowest BCUT2D eigenvalue weighted by molar-refractivity contribution is -0.125. The van der Waals surface area contributed by atoms with Crippen molar-refractivity contribution in [3.63, 3.8) is 0 Å². The van der Waals surface area contributed by atoms with Crippen molar-refractivity contribution in [3.05, 3.63) is 71.8 Å². The van der Waals surface area contributed by atoms with Crippen LogP contribution in [0.4, 0.5) is 0 Å². The van der Waals surface area contributed by atoms with Crippen LogP contribution in [0.5, 0.6) is 0 Å². The van der Waals surface area contributed by atoms with Crippen molar-refractivity contribution in [2.45, 2.75) is 24.9 Å². The van der Waals surface area contributed by atoms with Gasteiger partial charge >= 0.3 is 0 Å². The van der Waals surface area contributed by atoms with Gasteiger partial charge in [0.15, 0.2) is 0 Å². The number of hydrogen-bond donors (Lipinski definition) is 2. The fourth-order valence-electron chi connectivity index (χ4n) is 2.93. The van der Waals surface area contributed by atoms with Crippen molar-refractivity contribution in [2.75, 3.05) is 6.54 Å². The molecule has 1 heterocycles. The number of nitrogens with one attached hydrogen (secondary N) is 2. The highest BCUT2D eigenvalue weighted by molar-refractivity contribution is 5.85. The van der Waals surface area contributed by atoms with E-state index in [2.05, 4.69) is 34.9 Å². The molecule has 3 rings (SSSR count). The normalized spacial score (nSPS) is 21.1. The van der Waals surface area contributed by atoms with Crippen LogP contribution in [-0.2, 0) is 4.79 Å². The first-order valence-electron chi connectivity index (χ1n) is 7.39. The Labute approximate surface area is 137 Å². The second-order valence-corrected chi connectivity index (χ2v) is 5.54. The summed E-state index contributed by atoms with van der Waals surface area (Å²) in [7, 11) is 0. The predicted molar refractivity (Wildman–Crippen MR) is 91.4 cm³/mol. The molecule has 116 valence electrons. The Morgan fingerprint density at radius 2 is 1.45 bits per heavy atom. The molecule has 0 saturated carbocycles. The van der Waals surface area contributed by atoms with Crippen LogP contribution in [0.1, 0.15) is 24.0 Å². The third-order valence-electron chi connectivity index (χ3n) is 4.08. The minimum Gasteiger partial charge on any atom is -0.350 e. The van der Waals surface area contributed by atoms with E-state index in [0.29, 0.717) is 0 Å². The highest BCUT2D eigenvalue weighted by Crippen LogP contribution is 2.28. The van der Waals surface area contributed by atoms with Gasteiger partial charge in [-0.25, -0.2) is 0 Å². The molecule has 1 aliphatic heterocycles. The summed E-state index contributed by atoms with van der Waals surface area (Å²) in [5, 5.41) is 6.45. The van der Waals surface area contributed by atoms with Crippen molar-refractivity contribution >= 4 is 18.3 Å². The largest absolute Gasteiger partial charge is 0.350 e. The molecule has 2 aromatic carbocycles. The molecule has 0 radical (unpaired) electrons. The van der Waals surface area contributed by atoms with Crippen molar-refractivity contribution < 1.29 is 4.79 Å². The summed E-state index contributed by atoms with van der Waals surface area (Å²) >= 11 is 0. The molecule has 0 spiro atoms. The van der Waals surface area contributed by atoms with E-state index in [1.54, 1.807) is 0 Å². The maximum Gasteiger partial charge on any atom is 0.237 e. The molecule has 2 unspecified atom stereocenters. The first kappa shape index (κ1) is 16.5. The number of benzene rings is 2. The molecule has 1 fully saturated rings. The van der Waals surface area contributed by atoms with Gasteiger partial charge in [0.05, 0.1) is 12.1 Å². The molecular formula is C18H21ClN2O. The average Bonchev–Trinajstić information content (AvgIpc) is 2.53. The molecular weight excluding hydrogens is 296 g/mol. The third-order valence-corrected chi connectivity index (χ3v) is 4.08. The molecule has 2 atom stereocenters. The number of rotatable bonds is 3. The zero-order chi connectivity index (χ0) is 14.7. The lowest BCUT2D eigenvalue weighted by atomic mass is 9.84. The van der Waals surface area contributed by atoms with E-state index >= 15 is 0 Å². The number of amides is 1. The van der Waals surface area contributed by atoms with Gasteiger partial charge in [0, 0.05) is 12.5 Å². The van der Waals surface area contributed by atoms with E-state index in [0.717, 1.165) is 6.54 Å². The van der Waals surface area contributed by atoms with Gasteiger partial charge in [-0.2, -0.15) is 0 Å². The highest BCUT2D eigenvalue weighted by Gasteiger charge is 2.31. The van der Waals surface area contributed by atoms with E-state index in [1.165, 1.54) is 11.1 Å². The van der Waals surface area contributed by atoms with Crippen molar-refractivity contribution in [1.82, 2.24) is 10.6 Å².